The van der Waals surface area contributed by atoms with Crippen LogP contribution in [0.3, 0.4) is 0 Å². The van der Waals surface area contributed by atoms with E-state index in [9.17, 15) is 13.2 Å². The van der Waals surface area contributed by atoms with Gasteiger partial charge in [0.25, 0.3) is 0 Å². The number of hydrogen-bond donors (Lipinski definition) is 0. The molecule has 110 valence electrons. The van der Waals surface area contributed by atoms with Gasteiger partial charge in [0.1, 0.15) is 6.04 Å². The minimum atomic E-state index is -3.65. The van der Waals surface area contributed by atoms with E-state index in [1.165, 1.54) is 11.4 Å². The van der Waals surface area contributed by atoms with Gasteiger partial charge in [0, 0.05) is 10.1 Å². The largest absolute Gasteiger partial charge is 0.468 e. The molecule has 0 amide bonds. The highest BCUT2D eigenvalue weighted by Gasteiger charge is 2.38. The molecule has 7 heteroatoms. The van der Waals surface area contributed by atoms with E-state index in [0.717, 1.165) is 16.4 Å². The average Bonchev–Trinajstić information content (AvgIpc) is 2.47. The first-order valence-corrected chi connectivity index (χ1v) is 8.84. The number of benzene rings is 1. The molecule has 0 N–H and O–H groups in total. The van der Waals surface area contributed by atoms with E-state index in [1.54, 1.807) is 24.3 Å². The second-order valence-corrected chi connectivity index (χ2v) is 7.74. The Morgan fingerprint density at radius 2 is 1.95 bits per heavy atom. The van der Waals surface area contributed by atoms with Crippen LogP contribution in [-0.4, -0.2) is 38.4 Å². The first-order chi connectivity index (χ1) is 9.46. The number of hydrogen-bond acceptors (Lipinski definition) is 4. The molecule has 1 aromatic carbocycles. The number of rotatable bonds is 3. The number of carbonyl (C=O) groups is 1. The standard InChI is InChI=1S/C13H16INO4S/c1-19-13(16)12-4-2-3-9-15(12)20(17,18)11-7-5-10(14)6-8-11/h5-8,12H,2-4,9H2,1H3/t12-/m1/s1. The maximum Gasteiger partial charge on any atom is 0.324 e. The lowest BCUT2D eigenvalue weighted by Gasteiger charge is -2.32. The van der Waals surface area contributed by atoms with Crippen molar-refractivity contribution in [3.05, 3.63) is 27.8 Å². The summed E-state index contributed by atoms with van der Waals surface area (Å²) < 4.78 is 32.2. The summed E-state index contributed by atoms with van der Waals surface area (Å²) in [6.07, 6.45) is 2.10. The lowest BCUT2D eigenvalue weighted by Crippen LogP contribution is -2.48. The predicted octanol–water partition coefficient (Wildman–Crippen LogP) is 2.01. The number of halogens is 1. The number of carbonyl (C=O) groups excluding carboxylic acids is 1. The van der Waals surface area contributed by atoms with Gasteiger partial charge in [0.2, 0.25) is 10.0 Å². The topological polar surface area (TPSA) is 63.7 Å². The van der Waals surface area contributed by atoms with Crippen LogP contribution < -0.4 is 0 Å². The van der Waals surface area contributed by atoms with E-state index in [1.807, 2.05) is 0 Å². The van der Waals surface area contributed by atoms with Crippen molar-refractivity contribution in [3.63, 3.8) is 0 Å². The lowest BCUT2D eigenvalue weighted by atomic mass is 10.1. The Labute approximate surface area is 132 Å². The summed E-state index contributed by atoms with van der Waals surface area (Å²) in [5.41, 5.74) is 0. The zero-order valence-electron chi connectivity index (χ0n) is 11.1. The van der Waals surface area contributed by atoms with E-state index in [2.05, 4.69) is 22.6 Å². The lowest BCUT2D eigenvalue weighted by molar-refractivity contribution is -0.146. The molecule has 1 fully saturated rings. The molecule has 0 aromatic heterocycles. The molecule has 0 radical (unpaired) electrons. The summed E-state index contributed by atoms with van der Waals surface area (Å²) in [7, 11) is -2.37. The molecule has 1 aliphatic rings. The van der Waals surface area contributed by atoms with Crippen LogP contribution in [0, 0.1) is 3.57 Å². The van der Waals surface area contributed by atoms with Crippen LogP contribution in [0.15, 0.2) is 29.2 Å². The van der Waals surface area contributed by atoms with Crippen LogP contribution >= 0.6 is 22.6 Å². The van der Waals surface area contributed by atoms with Crippen molar-refractivity contribution in [3.8, 4) is 0 Å². The number of sulfonamides is 1. The minimum Gasteiger partial charge on any atom is -0.468 e. The number of piperidine rings is 1. The fourth-order valence-electron chi connectivity index (χ4n) is 2.31. The molecule has 0 saturated carbocycles. The molecular weight excluding hydrogens is 393 g/mol. The number of ether oxygens (including phenoxy) is 1. The van der Waals surface area contributed by atoms with E-state index in [-0.39, 0.29) is 4.90 Å². The predicted molar refractivity (Wildman–Crippen MR) is 82.7 cm³/mol. The summed E-state index contributed by atoms with van der Waals surface area (Å²) >= 11 is 2.12. The zero-order valence-corrected chi connectivity index (χ0v) is 14.1. The second-order valence-electron chi connectivity index (χ2n) is 4.60. The van der Waals surface area contributed by atoms with Crippen LogP contribution in [0.1, 0.15) is 19.3 Å². The Hall–Kier alpha value is -0.670. The summed E-state index contributed by atoms with van der Waals surface area (Å²) in [5.74, 6) is -0.487. The highest BCUT2D eigenvalue weighted by atomic mass is 127. The molecule has 0 bridgehead atoms. The number of nitrogens with zero attached hydrogens (tertiary/aromatic N) is 1. The summed E-state index contributed by atoms with van der Waals surface area (Å²) in [4.78, 5) is 12.0. The minimum absolute atomic E-state index is 0.216. The van der Waals surface area contributed by atoms with E-state index < -0.39 is 22.0 Å². The van der Waals surface area contributed by atoms with Gasteiger partial charge in [-0.05, 0) is 66.1 Å². The first kappa shape index (κ1) is 15.7. The van der Waals surface area contributed by atoms with Crippen molar-refractivity contribution in [2.75, 3.05) is 13.7 Å². The third-order valence-electron chi connectivity index (χ3n) is 3.35. The highest BCUT2D eigenvalue weighted by Crippen LogP contribution is 2.26. The summed E-state index contributed by atoms with van der Waals surface area (Å²) in [6, 6.07) is 5.91. The Morgan fingerprint density at radius 3 is 2.55 bits per heavy atom. The van der Waals surface area contributed by atoms with Crippen LogP contribution in [0.4, 0.5) is 0 Å². The molecule has 5 nitrogen and oxygen atoms in total. The molecule has 0 aliphatic carbocycles. The van der Waals surface area contributed by atoms with Gasteiger partial charge in [-0.25, -0.2) is 8.42 Å². The van der Waals surface area contributed by atoms with Gasteiger partial charge in [0.05, 0.1) is 12.0 Å². The van der Waals surface area contributed by atoms with Crippen LogP contribution in [-0.2, 0) is 19.6 Å². The molecule has 2 rings (SSSR count). The van der Waals surface area contributed by atoms with E-state index >= 15 is 0 Å². The van der Waals surface area contributed by atoms with Gasteiger partial charge in [0.15, 0.2) is 0 Å². The summed E-state index contributed by atoms with van der Waals surface area (Å²) in [6.45, 7) is 0.355. The maximum absolute atomic E-state index is 12.6. The number of methoxy groups -OCH3 is 1. The van der Waals surface area contributed by atoms with Crippen LogP contribution in [0.2, 0.25) is 0 Å². The molecule has 1 heterocycles. The highest BCUT2D eigenvalue weighted by molar-refractivity contribution is 14.1. The van der Waals surface area contributed by atoms with Gasteiger partial charge in [-0.3, -0.25) is 4.79 Å². The van der Waals surface area contributed by atoms with E-state index in [0.29, 0.717) is 13.0 Å². The Bertz CT molecular complexity index is 585. The van der Waals surface area contributed by atoms with Gasteiger partial charge >= 0.3 is 5.97 Å². The molecule has 20 heavy (non-hydrogen) atoms. The SMILES string of the molecule is COC(=O)[C@H]1CCCCN1S(=O)(=O)c1ccc(I)cc1. The molecule has 0 spiro atoms. The quantitative estimate of drug-likeness (QED) is 0.566. The summed E-state index contributed by atoms with van der Waals surface area (Å²) in [5, 5.41) is 0. The van der Waals surface area contributed by atoms with Crippen LogP contribution in [0.5, 0.6) is 0 Å². The Balaban J connectivity index is 2.35. The van der Waals surface area contributed by atoms with Crippen molar-refractivity contribution in [2.24, 2.45) is 0 Å². The average molecular weight is 409 g/mol. The fourth-order valence-corrected chi connectivity index (χ4v) is 4.31. The van der Waals surface area contributed by atoms with Crippen LogP contribution in [0.25, 0.3) is 0 Å². The Kier molecular flexibility index (Phi) is 5.03. The van der Waals surface area contributed by atoms with E-state index in [4.69, 9.17) is 4.74 Å². The van der Waals surface area contributed by atoms with Gasteiger partial charge in [-0.1, -0.05) is 0 Å². The van der Waals surface area contributed by atoms with Gasteiger partial charge in [-0.2, -0.15) is 4.31 Å². The van der Waals surface area contributed by atoms with Gasteiger partial charge < -0.3 is 4.74 Å². The van der Waals surface area contributed by atoms with Crippen molar-refractivity contribution in [1.82, 2.24) is 4.31 Å². The normalized spacial score (nSPS) is 20.6. The monoisotopic (exact) mass is 409 g/mol. The molecule has 1 atom stereocenters. The van der Waals surface area contributed by atoms with Gasteiger partial charge in [-0.15, -0.1) is 0 Å². The number of esters is 1. The molecule has 1 saturated heterocycles. The molecule has 0 unspecified atom stereocenters. The smallest absolute Gasteiger partial charge is 0.324 e. The Morgan fingerprint density at radius 1 is 1.30 bits per heavy atom. The second kappa shape index (κ2) is 6.40. The first-order valence-electron chi connectivity index (χ1n) is 6.32. The zero-order chi connectivity index (χ0) is 14.8. The fraction of sp³-hybridized carbons (Fsp3) is 0.462. The molecule has 1 aliphatic heterocycles. The van der Waals surface area contributed by atoms with Crippen molar-refractivity contribution >= 4 is 38.6 Å². The molecule has 1 aromatic rings. The van der Waals surface area contributed by atoms with Crippen molar-refractivity contribution < 1.29 is 17.9 Å². The van der Waals surface area contributed by atoms with Crippen molar-refractivity contribution in [2.45, 2.75) is 30.2 Å². The third-order valence-corrected chi connectivity index (χ3v) is 5.99. The third kappa shape index (κ3) is 3.15. The maximum atomic E-state index is 12.6. The van der Waals surface area contributed by atoms with Crippen molar-refractivity contribution in [1.29, 1.82) is 0 Å². The molecular formula is C13H16INO4S.